The molecule has 1 aromatic carbocycles. The number of fused-ring (bicyclic) bond motifs is 1. The minimum Gasteiger partial charge on any atom is -0.497 e. The van der Waals surface area contributed by atoms with Gasteiger partial charge in [0.1, 0.15) is 5.75 Å². The molecule has 0 saturated carbocycles. The topological polar surface area (TPSA) is 51.5 Å². The highest BCUT2D eigenvalue weighted by molar-refractivity contribution is 7.95. The molecule has 3 rings (SSSR count). The van der Waals surface area contributed by atoms with E-state index in [4.69, 9.17) is 10.00 Å². The number of likely N-dealkylation sites (tertiary alicyclic amines) is 1. The van der Waals surface area contributed by atoms with Crippen molar-refractivity contribution >= 4 is 12.1 Å². The molecule has 1 aromatic rings. The van der Waals surface area contributed by atoms with Crippen LogP contribution in [0.25, 0.3) is 0 Å². The Labute approximate surface area is 130 Å². The van der Waals surface area contributed by atoms with E-state index in [0.717, 1.165) is 44.8 Å². The Balaban J connectivity index is 1.51. The first kappa shape index (κ1) is 14.5. The molecule has 0 radical (unpaired) electrons. The van der Waals surface area contributed by atoms with Crippen LogP contribution in [0, 0.1) is 11.5 Å². The van der Waals surface area contributed by atoms with Gasteiger partial charge in [-0.2, -0.15) is 5.26 Å². The monoisotopic (exact) mass is 304 g/mol. The van der Waals surface area contributed by atoms with E-state index in [1.54, 1.807) is 19.2 Å². The van der Waals surface area contributed by atoms with E-state index in [2.05, 4.69) is 27.4 Å². The van der Waals surface area contributed by atoms with Gasteiger partial charge in [0.2, 0.25) is 0 Å². The van der Waals surface area contributed by atoms with Crippen molar-refractivity contribution in [2.75, 3.05) is 26.7 Å². The zero-order chi connectivity index (χ0) is 14.7. The predicted octanol–water partition coefficient (Wildman–Crippen LogP) is 1.76. The normalized spacial score (nSPS) is 21.9. The van der Waals surface area contributed by atoms with Crippen molar-refractivity contribution in [2.24, 2.45) is 0 Å². The average Bonchev–Trinajstić information content (AvgIpc) is 3.00. The van der Waals surface area contributed by atoms with Crippen LogP contribution < -0.4 is 9.46 Å². The summed E-state index contributed by atoms with van der Waals surface area (Å²) in [5.74, 6) is 0.940. The smallest absolute Gasteiger partial charge is 0.179 e. The van der Waals surface area contributed by atoms with E-state index < -0.39 is 0 Å². The second-order valence-corrected chi connectivity index (χ2v) is 6.42. The van der Waals surface area contributed by atoms with Gasteiger partial charge < -0.3 is 9.64 Å². The first-order valence-corrected chi connectivity index (χ1v) is 8.03. The number of hydrogen-bond acceptors (Lipinski definition) is 6. The van der Waals surface area contributed by atoms with Crippen LogP contribution in [0.3, 0.4) is 0 Å². The Hall–Kier alpha value is -1.42. The number of benzene rings is 1. The summed E-state index contributed by atoms with van der Waals surface area (Å²) in [6.07, 6.45) is 4.31. The molecule has 21 heavy (non-hydrogen) atoms. The molecule has 2 aliphatic heterocycles. The SMILES string of the molecule is COc1ccc2c(c1)CCN(SNC1CCN(C#N)C1)C2. The summed E-state index contributed by atoms with van der Waals surface area (Å²) in [6.45, 7) is 3.68. The minimum atomic E-state index is 0.409. The van der Waals surface area contributed by atoms with Crippen LogP contribution in [-0.2, 0) is 13.0 Å². The van der Waals surface area contributed by atoms with Crippen LogP contribution in [0.5, 0.6) is 5.75 Å². The van der Waals surface area contributed by atoms with Gasteiger partial charge in [-0.15, -0.1) is 0 Å². The average molecular weight is 304 g/mol. The quantitative estimate of drug-likeness (QED) is 0.676. The van der Waals surface area contributed by atoms with Crippen molar-refractivity contribution in [1.82, 2.24) is 13.9 Å². The highest BCUT2D eigenvalue weighted by Crippen LogP contribution is 2.26. The highest BCUT2D eigenvalue weighted by atomic mass is 32.2. The Morgan fingerprint density at radius 3 is 3.05 bits per heavy atom. The fraction of sp³-hybridized carbons (Fsp3) is 0.533. The molecule has 1 fully saturated rings. The van der Waals surface area contributed by atoms with E-state index in [0.29, 0.717) is 6.04 Å². The van der Waals surface area contributed by atoms with E-state index >= 15 is 0 Å². The van der Waals surface area contributed by atoms with Gasteiger partial charge in [-0.25, -0.2) is 9.03 Å². The van der Waals surface area contributed by atoms with Gasteiger partial charge in [0.05, 0.1) is 7.11 Å². The number of nitriles is 1. The van der Waals surface area contributed by atoms with Gasteiger partial charge in [0.25, 0.3) is 0 Å². The third-order valence-electron chi connectivity index (χ3n) is 4.07. The molecule has 0 spiro atoms. The molecule has 2 aliphatic rings. The van der Waals surface area contributed by atoms with Crippen LogP contribution >= 0.6 is 12.1 Å². The van der Waals surface area contributed by atoms with Gasteiger partial charge >= 0.3 is 0 Å². The Morgan fingerprint density at radius 1 is 1.38 bits per heavy atom. The molecule has 0 aliphatic carbocycles. The lowest BCUT2D eigenvalue weighted by Gasteiger charge is -2.28. The molecule has 112 valence electrons. The van der Waals surface area contributed by atoms with Gasteiger partial charge in [0.15, 0.2) is 6.19 Å². The summed E-state index contributed by atoms with van der Waals surface area (Å²) in [6, 6.07) is 6.75. The third kappa shape index (κ3) is 3.43. The summed E-state index contributed by atoms with van der Waals surface area (Å²) in [4.78, 5) is 1.82. The van der Waals surface area contributed by atoms with Crippen molar-refractivity contribution in [3.63, 3.8) is 0 Å². The number of nitrogens with zero attached hydrogens (tertiary/aromatic N) is 3. The minimum absolute atomic E-state index is 0.409. The van der Waals surface area contributed by atoms with Crippen molar-refractivity contribution in [1.29, 1.82) is 5.26 Å². The zero-order valence-electron chi connectivity index (χ0n) is 12.2. The lowest BCUT2D eigenvalue weighted by molar-refractivity contribution is 0.408. The molecule has 1 N–H and O–H groups in total. The third-order valence-corrected chi connectivity index (χ3v) is 5.08. The van der Waals surface area contributed by atoms with Gasteiger partial charge in [0, 0.05) is 44.4 Å². The van der Waals surface area contributed by atoms with Gasteiger partial charge in [-0.1, -0.05) is 6.07 Å². The number of rotatable bonds is 4. The maximum Gasteiger partial charge on any atom is 0.179 e. The summed E-state index contributed by atoms with van der Waals surface area (Å²) < 4.78 is 11.1. The summed E-state index contributed by atoms with van der Waals surface area (Å²) >= 11 is 1.70. The first-order chi connectivity index (χ1) is 10.3. The predicted molar refractivity (Wildman–Crippen MR) is 83.4 cm³/mol. The molecular weight excluding hydrogens is 284 g/mol. The molecular formula is C15H20N4OS. The van der Waals surface area contributed by atoms with Crippen LogP contribution in [0.4, 0.5) is 0 Å². The standard InChI is InChI=1S/C15H20N4OS/c1-20-15-3-2-13-9-19(7-4-12(13)8-15)21-17-14-5-6-18(10-14)11-16/h2-3,8,14,17H,4-7,9-10H2,1H3. The molecule has 1 atom stereocenters. The number of ether oxygens (including phenoxy) is 1. The van der Waals surface area contributed by atoms with E-state index in [1.165, 1.54) is 11.1 Å². The second kappa shape index (κ2) is 6.56. The van der Waals surface area contributed by atoms with E-state index in [1.807, 2.05) is 11.0 Å². The molecule has 1 unspecified atom stereocenters. The molecule has 0 aromatic heterocycles. The van der Waals surface area contributed by atoms with Crippen LogP contribution in [0.1, 0.15) is 17.5 Å². The lowest BCUT2D eigenvalue weighted by atomic mass is 10.0. The lowest BCUT2D eigenvalue weighted by Crippen LogP contribution is -2.33. The second-order valence-electron chi connectivity index (χ2n) is 5.49. The Bertz CT molecular complexity index is 545. The van der Waals surface area contributed by atoms with E-state index in [9.17, 15) is 0 Å². The Morgan fingerprint density at radius 2 is 2.29 bits per heavy atom. The van der Waals surface area contributed by atoms with Crippen molar-refractivity contribution < 1.29 is 4.74 Å². The van der Waals surface area contributed by atoms with Crippen LogP contribution in [-0.4, -0.2) is 42.0 Å². The fourth-order valence-corrected chi connectivity index (χ4v) is 3.68. The summed E-state index contributed by atoms with van der Waals surface area (Å²) in [7, 11) is 1.71. The molecule has 5 nitrogen and oxygen atoms in total. The molecule has 0 amide bonds. The van der Waals surface area contributed by atoms with Crippen LogP contribution in [0.15, 0.2) is 18.2 Å². The summed E-state index contributed by atoms with van der Waals surface area (Å²) in [5.41, 5.74) is 2.77. The van der Waals surface area contributed by atoms with Gasteiger partial charge in [-0.05, 0) is 36.1 Å². The van der Waals surface area contributed by atoms with Crippen molar-refractivity contribution in [3.8, 4) is 11.9 Å². The number of nitrogens with one attached hydrogen (secondary N) is 1. The van der Waals surface area contributed by atoms with Crippen molar-refractivity contribution in [2.45, 2.75) is 25.4 Å². The molecule has 0 bridgehead atoms. The van der Waals surface area contributed by atoms with Crippen LogP contribution in [0.2, 0.25) is 0 Å². The Kier molecular flexibility index (Phi) is 4.54. The van der Waals surface area contributed by atoms with Crippen molar-refractivity contribution in [3.05, 3.63) is 29.3 Å². The maximum absolute atomic E-state index is 8.87. The highest BCUT2D eigenvalue weighted by Gasteiger charge is 2.23. The molecule has 2 heterocycles. The largest absolute Gasteiger partial charge is 0.497 e. The van der Waals surface area contributed by atoms with Gasteiger partial charge in [-0.3, -0.25) is 0 Å². The maximum atomic E-state index is 8.87. The first-order valence-electron chi connectivity index (χ1n) is 7.26. The molecule has 6 heteroatoms. The number of hydrogen-bond donors (Lipinski definition) is 1. The zero-order valence-corrected chi connectivity index (χ0v) is 13.0. The number of methoxy groups -OCH3 is 1. The molecule has 1 saturated heterocycles. The van der Waals surface area contributed by atoms with E-state index in [-0.39, 0.29) is 0 Å². The fourth-order valence-electron chi connectivity index (χ4n) is 2.80. The summed E-state index contributed by atoms with van der Waals surface area (Å²) in [5, 5.41) is 8.87.